The first-order valence-electron chi connectivity index (χ1n) is 7.77. The molecule has 1 aromatic carbocycles. The van der Waals surface area contributed by atoms with E-state index in [0.717, 1.165) is 44.5 Å². The van der Waals surface area contributed by atoms with Crippen molar-refractivity contribution in [2.45, 2.75) is 45.3 Å². The molecule has 0 aliphatic carbocycles. The summed E-state index contributed by atoms with van der Waals surface area (Å²) >= 11 is 0. The molecular weight excluding hydrogens is 250 g/mol. The molecule has 1 fully saturated rings. The quantitative estimate of drug-likeness (QED) is 0.868. The molecule has 1 aromatic rings. The van der Waals surface area contributed by atoms with Gasteiger partial charge in [0.25, 0.3) is 0 Å². The standard InChI is InChI=1S/C17H27NO2/c1-3-11-20-16-5-4-10-18(12-16)13-17(19)15-8-6-14(2)7-9-15/h6-9,16-17,19H,3-5,10-13H2,1-2H3. The second-order valence-electron chi connectivity index (χ2n) is 5.82. The molecule has 1 heterocycles. The lowest BCUT2D eigenvalue weighted by Gasteiger charge is -2.33. The van der Waals surface area contributed by atoms with Crippen LogP contribution < -0.4 is 0 Å². The SMILES string of the molecule is CCCOC1CCCN(CC(O)c2ccc(C)cc2)C1. The third-order valence-electron chi connectivity index (χ3n) is 3.91. The van der Waals surface area contributed by atoms with Gasteiger partial charge in [0.05, 0.1) is 12.2 Å². The van der Waals surface area contributed by atoms with Gasteiger partial charge >= 0.3 is 0 Å². The van der Waals surface area contributed by atoms with E-state index in [-0.39, 0.29) is 0 Å². The summed E-state index contributed by atoms with van der Waals surface area (Å²) in [4.78, 5) is 2.33. The summed E-state index contributed by atoms with van der Waals surface area (Å²) in [5.41, 5.74) is 2.24. The van der Waals surface area contributed by atoms with Gasteiger partial charge in [-0.2, -0.15) is 0 Å². The number of nitrogens with zero attached hydrogens (tertiary/aromatic N) is 1. The van der Waals surface area contributed by atoms with Crippen molar-refractivity contribution in [2.75, 3.05) is 26.2 Å². The maximum Gasteiger partial charge on any atom is 0.0916 e. The molecule has 3 nitrogen and oxygen atoms in total. The summed E-state index contributed by atoms with van der Waals surface area (Å²) in [6.45, 7) is 7.77. The number of ether oxygens (including phenoxy) is 1. The molecule has 0 amide bonds. The first kappa shape index (κ1) is 15.5. The number of β-amino-alcohol motifs (C(OH)–C–C–N with tert-alkyl or cyclic N) is 1. The minimum atomic E-state index is -0.402. The molecule has 2 unspecified atom stereocenters. The molecule has 20 heavy (non-hydrogen) atoms. The zero-order valence-corrected chi connectivity index (χ0v) is 12.7. The fraction of sp³-hybridized carbons (Fsp3) is 0.647. The van der Waals surface area contributed by atoms with Gasteiger partial charge in [0.15, 0.2) is 0 Å². The van der Waals surface area contributed by atoms with Gasteiger partial charge in [-0.1, -0.05) is 36.8 Å². The van der Waals surface area contributed by atoms with Gasteiger partial charge in [-0.25, -0.2) is 0 Å². The topological polar surface area (TPSA) is 32.7 Å². The van der Waals surface area contributed by atoms with Crippen molar-refractivity contribution in [1.29, 1.82) is 0 Å². The average Bonchev–Trinajstić information content (AvgIpc) is 2.46. The van der Waals surface area contributed by atoms with Gasteiger partial charge in [0.2, 0.25) is 0 Å². The van der Waals surface area contributed by atoms with Crippen molar-refractivity contribution in [2.24, 2.45) is 0 Å². The van der Waals surface area contributed by atoms with Crippen molar-refractivity contribution in [3.05, 3.63) is 35.4 Å². The lowest BCUT2D eigenvalue weighted by atomic mass is 10.0. The van der Waals surface area contributed by atoms with Crippen LogP contribution in [0.25, 0.3) is 0 Å². The van der Waals surface area contributed by atoms with E-state index in [1.165, 1.54) is 5.56 Å². The Balaban J connectivity index is 1.84. The Morgan fingerprint density at radius 1 is 1.35 bits per heavy atom. The van der Waals surface area contributed by atoms with Gasteiger partial charge in [0.1, 0.15) is 0 Å². The number of hydrogen-bond donors (Lipinski definition) is 1. The second-order valence-corrected chi connectivity index (χ2v) is 5.82. The highest BCUT2D eigenvalue weighted by molar-refractivity contribution is 5.23. The van der Waals surface area contributed by atoms with Crippen molar-refractivity contribution >= 4 is 0 Å². The predicted octanol–water partition coefficient (Wildman–Crippen LogP) is 2.92. The van der Waals surface area contributed by atoms with Crippen molar-refractivity contribution in [3.63, 3.8) is 0 Å². The van der Waals surface area contributed by atoms with E-state index in [1.807, 2.05) is 12.1 Å². The number of aryl methyl sites for hydroxylation is 1. The van der Waals surface area contributed by atoms with Crippen LogP contribution in [0.2, 0.25) is 0 Å². The highest BCUT2D eigenvalue weighted by atomic mass is 16.5. The molecule has 1 aliphatic rings. The van der Waals surface area contributed by atoms with Crippen LogP contribution in [0.1, 0.15) is 43.4 Å². The predicted molar refractivity (Wildman–Crippen MR) is 81.8 cm³/mol. The maximum atomic E-state index is 10.3. The number of hydrogen-bond acceptors (Lipinski definition) is 3. The zero-order chi connectivity index (χ0) is 14.4. The number of benzene rings is 1. The normalized spacial score (nSPS) is 21.9. The number of aliphatic hydroxyl groups excluding tert-OH is 1. The van der Waals surface area contributed by atoms with Crippen LogP contribution in [-0.4, -0.2) is 42.4 Å². The highest BCUT2D eigenvalue weighted by Gasteiger charge is 2.22. The molecule has 0 bridgehead atoms. The lowest BCUT2D eigenvalue weighted by Crippen LogP contribution is -2.41. The molecule has 1 N–H and O–H groups in total. The van der Waals surface area contributed by atoms with Crippen LogP contribution >= 0.6 is 0 Å². The summed E-state index contributed by atoms with van der Waals surface area (Å²) in [7, 11) is 0. The number of aliphatic hydroxyl groups is 1. The molecule has 0 radical (unpaired) electrons. The highest BCUT2D eigenvalue weighted by Crippen LogP contribution is 2.19. The van der Waals surface area contributed by atoms with Crippen molar-refractivity contribution < 1.29 is 9.84 Å². The molecule has 3 heteroatoms. The van der Waals surface area contributed by atoms with Crippen molar-refractivity contribution in [3.8, 4) is 0 Å². The van der Waals surface area contributed by atoms with E-state index >= 15 is 0 Å². The van der Waals surface area contributed by atoms with E-state index in [2.05, 4.69) is 30.9 Å². The van der Waals surface area contributed by atoms with Gasteiger partial charge < -0.3 is 9.84 Å². The van der Waals surface area contributed by atoms with Gasteiger partial charge in [-0.05, 0) is 38.3 Å². The molecule has 2 rings (SSSR count). The third kappa shape index (κ3) is 4.58. The first-order valence-corrected chi connectivity index (χ1v) is 7.77. The summed E-state index contributed by atoms with van der Waals surface area (Å²) in [5.74, 6) is 0. The minimum Gasteiger partial charge on any atom is -0.387 e. The van der Waals surface area contributed by atoms with E-state index in [1.54, 1.807) is 0 Å². The molecule has 0 spiro atoms. The Bertz CT molecular complexity index is 390. The second kappa shape index (κ2) is 7.77. The number of rotatable bonds is 6. The summed E-state index contributed by atoms with van der Waals surface area (Å²) in [6.07, 6.45) is 3.32. The van der Waals surface area contributed by atoms with E-state index in [9.17, 15) is 5.11 Å². The Hall–Kier alpha value is -0.900. The molecule has 1 saturated heterocycles. The first-order chi connectivity index (χ1) is 9.69. The molecule has 112 valence electrons. The van der Waals surface area contributed by atoms with Crippen LogP contribution in [0.5, 0.6) is 0 Å². The number of piperidine rings is 1. The number of likely N-dealkylation sites (tertiary alicyclic amines) is 1. The van der Waals surface area contributed by atoms with E-state index < -0.39 is 6.10 Å². The Morgan fingerprint density at radius 3 is 2.80 bits per heavy atom. The van der Waals surface area contributed by atoms with Gasteiger partial charge in [-0.3, -0.25) is 4.90 Å². The smallest absolute Gasteiger partial charge is 0.0916 e. The molecule has 1 aliphatic heterocycles. The fourth-order valence-electron chi connectivity index (χ4n) is 2.74. The largest absolute Gasteiger partial charge is 0.387 e. The van der Waals surface area contributed by atoms with Crippen LogP contribution in [-0.2, 0) is 4.74 Å². The van der Waals surface area contributed by atoms with Crippen LogP contribution in [0.15, 0.2) is 24.3 Å². The molecule has 0 saturated carbocycles. The maximum absolute atomic E-state index is 10.3. The van der Waals surface area contributed by atoms with E-state index in [4.69, 9.17) is 4.74 Å². The van der Waals surface area contributed by atoms with Gasteiger partial charge in [-0.15, -0.1) is 0 Å². The zero-order valence-electron chi connectivity index (χ0n) is 12.7. The minimum absolute atomic E-state index is 0.342. The third-order valence-corrected chi connectivity index (χ3v) is 3.91. The van der Waals surface area contributed by atoms with E-state index in [0.29, 0.717) is 12.6 Å². The fourth-order valence-corrected chi connectivity index (χ4v) is 2.74. The Kier molecular flexibility index (Phi) is 6.02. The molecule has 0 aromatic heterocycles. The summed E-state index contributed by atoms with van der Waals surface area (Å²) in [6, 6.07) is 8.16. The summed E-state index contributed by atoms with van der Waals surface area (Å²) < 4.78 is 5.84. The van der Waals surface area contributed by atoms with Crippen LogP contribution in [0.4, 0.5) is 0 Å². The van der Waals surface area contributed by atoms with Crippen LogP contribution in [0, 0.1) is 6.92 Å². The van der Waals surface area contributed by atoms with Crippen LogP contribution in [0.3, 0.4) is 0 Å². The Labute approximate surface area is 122 Å². The monoisotopic (exact) mass is 277 g/mol. The van der Waals surface area contributed by atoms with Gasteiger partial charge in [0, 0.05) is 19.7 Å². The lowest BCUT2D eigenvalue weighted by molar-refractivity contribution is -0.0119. The average molecular weight is 277 g/mol. The molecular formula is C17H27NO2. The van der Waals surface area contributed by atoms with Crippen molar-refractivity contribution in [1.82, 2.24) is 4.90 Å². The summed E-state index contributed by atoms with van der Waals surface area (Å²) in [5, 5.41) is 10.3. The molecule has 2 atom stereocenters. The Morgan fingerprint density at radius 2 is 2.10 bits per heavy atom.